The molecule has 2 aromatic heterocycles. The lowest BCUT2D eigenvalue weighted by Gasteiger charge is -2.14. The molecule has 0 aliphatic rings. The minimum atomic E-state index is -1.24. The first kappa shape index (κ1) is 35.6. The highest BCUT2D eigenvalue weighted by molar-refractivity contribution is 6.26. The van der Waals surface area contributed by atoms with Crippen LogP contribution in [0.4, 0.5) is 0 Å². The van der Waals surface area contributed by atoms with Crippen molar-refractivity contribution in [2.24, 2.45) is 0 Å². The summed E-state index contributed by atoms with van der Waals surface area (Å²) in [4.78, 5) is 12.8. The van der Waals surface area contributed by atoms with Gasteiger partial charge in [-0.25, -0.2) is 15.0 Å². The predicted octanol–water partition coefficient (Wildman–Crippen LogP) is 8.66. The van der Waals surface area contributed by atoms with Crippen molar-refractivity contribution in [3.8, 4) is 109 Å². The van der Waals surface area contributed by atoms with Gasteiger partial charge in [-0.15, -0.1) is 0 Å². The van der Waals surface area contributed by atoms with Crippen LogP contribution in [0.3, 0.4) is 0 Å². The molecular weight excluding hydrogens is 775 g/mol. The Hall–Kier alpha value is -8.85. The SMILES string of the molecule is Oc1c(O)c(O)c(-c2nc(-c3ccccc3)nc(-c3c(O)c(O)c4c(oc5c(-c6ccc7c8ccccc8c8ccccc8c7c6)c(O)c(O)c(O)c54)c3O)n2)c(O)c1O. The molecule has 0 aliphatic carbocycles. The molecule has 10 rings (SSSR count). The number of hydrogen-bond donors (Lipinski definition) is 11. The van der Waals surface area contributed by atoms with E-state index in [4.69, 9.17) is 4.42 Å². The van der Waals surface area contributed by atoms with Gasteiger partial charge in [0.25, 0.3) is 0 Å². The molecule has 15 nitrogen and oxygen atoms in total. The van der Waals surface area contributed by atoms with Gasteiger partial charge in [0.15, 0.2) is 68.9 Å². The number of rotatable bonds is 4. The minimum absolute atomic E-state index is 0.137. The van der Waals surface area contributed by atoms with E-state index in [1.807, 2.05) is 54.6 Å². The zero-order valence-corrected chi connectivity index (χ0v) is 30.4. The largest absolute Gasteiger partial charge is 0.504 e. The number of phenols is 11. The van der Waals surface area contributed by atoms with E-state index in [9.17, 15) is 56.2 Å². The topological polar surface area (TPSA) is 274 Å². The highest BCUT2D eigenvalue weighted by atomic mass is 16.4. The van der Waals surface area contributed by atoms with E-state index in [1.54, 1.807) is 42.5 Å². The molecule has 15 heteroatoms. The van der Waals surface area contributed by atoms with Gasteiger partial charge in [-0.2, -0.15) is 0 Å². The molecular formula is C45H27N3O12. The zero-order valence-electron chi connectivity index (χ0n) is 30.4. The Morgan fingerprint density at radius 1 is 0.300 bits per heavy atom. The first-order valence-electron chi connectivity index (χ1n) is 18.0. The van der Waals surface area contributed by atoms with E-state index in [0.29, 0.717) is 11.1 Å². The third kappa shape index (κ3) is 4.80. The number of fused-ring (bicyclic) bond motifs is 9. The van der Waals surface area contributed by atoms with Crippen molar-refractivity contribution in [2.75, 3.05) is 0 Å². The molecule has 11 N–H and O–H groups in total. The highest BCUT2D eigenvalue weighted by Gasteiger charge is 2.34. The molecule has 0 bridgehead atoms. The van der Waals surface area contributed by atoms with Gasteiger partial charge in [0.1, 0.15) is 11.1 Å². The number of nitrogens with zero attached hydrogens (tertiary/aromatic N) is 3. The van der Waals surface area contributed by atoms with Crippen molar-refractivity contribution in [2.45, 2.75) is 0 Å². The van der Waals surface area contributed by atoms with Crippen LogP contribution in [0, 0.1) is 0 Å². The summed E-state index contributed by atoms with van der Waals surface area (Å²) in [5.74, 6) is -13.2. The summed E-state index contributed by atoms with van der Waals surface area (Å²) in [7, 11) is 0. The van der Waals surface area contributed by atoms with Gasteiger partial charge in [-0.1, -0.05) is 91.0 Å². The Balaban J connectivity index is 1.26. The summed E-state index contributed by atoms with van der Waals surface area (Å²) in [6, 6.07) is 29.0. The molecule has 294 valence electrons. The van der Waals surface area contributed by atoms with E-state index in [-0.39, 0.29) is 22.4 Å². The third-order valence-electron chi connectivity index (χ3n) is 10.7. The van der Waals surface area contributed by atoms with Crippen LogP contribution in [-0.4, -0.2) is 71.1 Å². The van der Waals surface area contributed by atoms with Crippen molar-refractivity contribution in [3.05, 3.63) is 97.1 Å². The number of hydrogen-bond acceptors (Lipinski definition) is 15. The number of benzene rings is 8. The Morgan fingerprint density at radius 3 is 1.28 bits per heavy atom. The monoisotopic (exact) mass is 801 g/mol. The van der Waals surface area contributed by atoms with Crippen molar-refractivity contribution in [3.63, 3.8) is 0 Å². The quantitative estimate of drug-likeness (QED) is 0.0451. The van der Waals surface area contributed by atoms with Gasteiger partial charge < -0.3 is 60.6 Å². The third-order valence-corrected chi connectivity index (χ3v) is 10.7. The summed E-state index contributed by atoms with van der Waals surface area (Å²) in [6.07, 6.45) is 0. The predicted molar refractivity (Wildman–Crippen MR) is 220 cm³/mol. The molecule has 0 amide bonds. The second-order valence-electron chi connectivity index (χ2n) is 14.0. The number of furan rings is 1. The highest BCUT2D eigenvalue weighted by Crippen LogP contribution is 2.59. The van der Waals surface area contributed by atoms with Crippen molar-refractivity contribution in [1.82, 2.24) is 15.0 Å². The van der Waals surface area contributed by atoms with Crippen LogP contribution in [0.25, 0.3) is 99.5 Å². The van der Waals surface area contributed by atoms with Gasteiger partial charge in [0.05, 0.1) is 16.3 Å². The first-order valence-corrected chi connectivity index (χ1v) is 18.0. The average Bonchev–Trinajstić information content (AvgIpc) is 3.67. The second kappa shape index (κ2) is 12.6. The molecule has 0 saturated heterocycles. The number of phenolic OH excluding ortho intramolecular Hbond substituents is 11. The fraction of sp³-hybridized carbons (Fsp3) is 0. The Kier molecular flexibility index (Phi) is 7.45. The van der Waals surface area contributed by atoms with E-state index in [2.05, 4.69) is 15.0 Å². The van der Waals surface area contributed by atoms with Crippen LogP contribution in [0.2, 0.25) is 0 Å². The molecule has 0 atom stereocenters. The summed E-state index contributed by atoms with van der Waals surface area (Å²) >= 11 is 0. The average molecular weight is 802 g/mol. The Labute approximate surface area is 334 Å². The van der Waals surface area contributed by atoms with E-state index < -0.39 is 97.0 Å². The lowest BCUT2D eigenvalue weighted by molar-refractivity contribution is 0.329. The Bertz CT molecular complexity index is 3450. The molecule has 0 unspecified atom stereocenters. The maximum atomic E-state index is 11.9. The van der Waals surface area contributed by atoms with Crippen LogP contribution < -0.4 is 0 Å². The number of aromatic hydroxyl groups is 11. The molecule has 0 spiro atoms. The molecule has 0 saturated carbocycles. The van der Waals surface area contributed by atoms with E-state index in [0.717, 1.165) is 32.3 Å². The van der Waals surface area contributed by atoms with Crippen LogP contribution in [0.1, 0.15) is 0 Å². The first-order chi connectivity index (χ1) is 28.9. The van der Waals surface area contributed by atoms with Crippen molar-refractivity contribution >= 4 is 54.3 Å². The molecule has 0 fully saturated rings. The van der Waals surface area contributed by atoms with Gasteiger partial charge >= 0.3 is 0 Å². The summed E-state index contributed by atoms with van der Waals surface area (Å²) in [5.41, 5.74) is -1.88. The van der Waals surface area contributed by atoms with Crippen LogP contribution in [0.15, 0.2) is 101 Å². The van der Waals surface area contributed by atoms with Gasteiger partial charge in [-0.05, 0) is 43.9 Å². The molecule has 10 aromatic rings. The molecule has 0 radical (unpaired) electrons. The van der Waals surface area contributed by atoms with Gasteiger partial charge in [-0.3, -0.25) is 0 Å². The van der Waals surface area contributed by atoms with Crippen molar-refractivity contribution in [1.29, 1.82) is 0 Å². The zero-order chi connectivity index (χ0) is 41.9. The maximum absolute atomic E-state index is 11.9. The molecule has 0 aliphatic heterocycles. The minimum Gasteiger partial charge on any atom is -0.504 e. The van der Waals surface area contributed by atoms with Gasteiger partial charge in [0, 0.05) is 5.56 Å². The molecule has 2 heterocycles. The second-order valence-corrected chi connectivity index (χ2v) is 14.0. The molecule has 8 aromatic carbocycles. The fourth-order valence-corrected chi connectivity index (χ4v) is 7.90. The number of aromatic nitrogens is 3. The standard InChI is InChI=1S/C45H27N3O12/c49-30-25(18-14-15-23-21-12-5-4-10-19(21)20-11-6-7-13-22(20)24(23)16-18)41-26(32(51)37(30)56)27-31(50)33(52)29(36(55)42(27)60-41)45-47-43(17-8-2-1-3-9-17)46-44(48-45)28-34(53)38(57)40(59)39(58)35(28)54/h1-16,49-59H. The maximum Gasteiger partial charge on any atom is 0.208 e. The normalized spacial score (nSPS) is 11.7. The Morgan fingerprint density at radius 2 is 0.700 bits per heavy atom. The fourth-order valence-electron chi connectivity index (χ4n) is 7.90. The lowest BCUT2D eigenvalue weighted by Crippen LogP contribution is -2.01. The van der Waals surface area contributed by atoms with Crippen molar-refractivity contribution < 1.29 is 60.6 Å². The summed E-state index contributed by atoms with van der Waals surface area (Å²) < 4.78 is 6.17. The van der Waals surface area contributed by atoms with E-state index >= 15 is 0 Å². The molecule has 60 heavy (non-hydrogen) atoms. The van der Waals surface area contributed by atoms with E-state index in [1.165, 1.54) is 0 Å². The lowest BCUT2D eigenvalue weighted by atomic mass is 9.91. The van der Waals surface area contributed by atoms with Crippen LogP contribution in [0.5, 0.6) is 63.2 Å². The van der Waals surface area contributed by atoms with Gasteiger partial charge in [0.2, 0.25) is 23.0 Å². The van der Waals surface area contributed by atoms with Crippen LogP contribution in [-0.2, 0) is 0 Å². The summed E-state index contributed by atoms with van der Waals surface area (Å²) in [6.45, 7) is 0. The van der Waals surface area contributed by atoms with Crippen LogP contribution >= 0.6 is 0 Å². The summed E-state index contributed by atoms with van der Waals surface area (Å²) in [5, 5.41) is 126. The smallest absolute Gasteiger partial charge is 0.208 e.